The highest BCUT2D eigenvalue weighted by atomic mass is 32.2. The number of amides is 1. The first kappa shape index (κ1) is 20.5. The van der Waals surface area contributed by atoms with Crippen LogP contribution in [-0.2, 0) is 20.7 Å². The smallest absolute Gasteiger partial charge is 0.333 e. The predicted octanol–water partition coefficient (Wildman–Crippen LogP) is 3.11. The molecule has 2 aromatic rings. The number of H-pyrrole nitrogens is 1. The second-order valence-electron chi connectivity index (χ2n) is 5.93. The standard InChI is InChI=1S/C19H22N4O3S2/c1-3-13-5-7-14(8-6-13)18-20-19(22-21-18)27-10-9-23-15(24)12-28-16(23)11-17(25)26-4-2/h5-8,11H,3-4,9-10,12H2,1-2H3,(H,20,21,22)/b16-11-. The summed E-state index contributed by atoms with van der Waals surface area (Å²) < 4.78 is 4.92. The third kappa shape index (κ3) is 5.17. The number of aryl methyl sites for hydroxylation is 1. The fraction of sp³-hybridized carbons (Fsp3) is 0.368. The maximum absolute atomic E-state index is 12.1. The fourth-order valence-electron chi connectivity index (χ4n) is 2.62. The average Bonchev–Trinajstić information content (AvgIpc) is 3.30. The summed E-state index contributed by atoms with van der Waals surface area (Å²) in [5.74, 6) is 1.26. The van der Waals surface area contributed by atoms with Crippen molar-refractivity contribution in [2.75, 3.05) is 24.7 Å². The molecule has 9 heteroatoms. The number of carbonyl (C=O) groups is 2. The van der Waals surface area contributed by atoms with Gasteiger partial charge in [-0.15, -0.1) is 5.10 Å². The molecule has 0 saturated carbocycles. The molecule has 1 aromatic carbocycles. The van der Waals surface area contributed by atoms with Crippen molar-refractivity contribution >= 4 is 35.4 Å². The Balaban J connectivity index is 1.56. The molecule has 7 nitrogen and oxygen atoms in total. The van der Waals surface area contributed by atoms with Crippen molar-refractivity contribution in [3.8, 4) is 11.4 Å². The molecule has 0 aliphatic carbocycles. The van der Waals surface area contributed by atoms with Gasteiger partial charge < -0.3 is 9.64 Å². The Morgan fingerprint density at radius 3 is 2.86 bits per heavy atom. The minimum atomic E-state index is -0.426. The van der Waals surface area contributed by atoms with E-state index in [1.165, 1.54) is 35.2 Å². The summed E-state index contributed by atoms with van der Waals surface area (Å²) in [4.78, 5) is 29.8. The lowest BCUT2D eigenvalue weighted by Crippen LogP contribution is -2.27. The summed E-state index contributed by atoms with van der Waals surface area (Å²) in [7, 11) is 0. The number of thioether (sulfide) groups is 2. The second kappa shape index (κ2) is 9.79. The van der Waals surface area contributed by atoms with Gasteiger partial charge >= 0.3 is 5.97 Å². The van der Waals surface area contributed by atoms with Crippen LogP contribution >= 0.6 is 23.5 Å². The predicted molar refractivity (Wildman–Crippen MR) is 111 cm³/mol. The van der Waals surface area contributed by atoms with Crippen LogP contribution in [0.1, 0.15) is 19.4 Å². The third-order valence-electron chi connectivity index (χ3n) is 4.09. The number of aromatic amines is 1. The molecule has 0 radical (unpaired) electrons. The fourth-order valence-corrected chi connectivity index (χ4v) is 4.30. The van der Waals surface area contributed by atoms with E-state index in [0.29, 0.717) is 34.8 Å². The first-order valence-electron chi connectivity index (χ1n) is 9.06. The first-order chi connectivity index (χ1) is 13.6. The van der Waals surface area contributed by atoms with Gasteiger partial charge in [0.25, 0.3) is 0 Å². The van der Waals surface area contributed by atoms with Crippen LogP contribution in [-0.4, -0.2) is 56.6 Å². The average molecular weight is 419 g/mol. The van der Waals surface area contributed by atoms with Gasteiger partial charge in [-0.2, -0.15) is 0 Å². The number of hydrogen-bond donors (Lipinski definition) is 1. The number of esters is 1. The minimum Gasteiger partial charge on any atom is -0.463 e. The van der Waals surface area contributed by atoms with Gasteiger partial charge in [-0.25, -0.2) is 9.78 Å². The van der Waals surface area contributed by atoms with Crippen LogP contribution in [0.25, 0.3) is 11.4 Å². The number of aromatic nitrogens is 3. The van der Waals surface area contributed by atoms with Crippen molar-refractivity contribution in [3.63, 3.8) is 0 Å². The molecule has 148 valence electrons. The van der Waals surface area contributed by atoms with E-state index in [1.54, 1.807) is 11.8 Å². The van der Waals surface area contributed by atoms with Crippen LogP contribution in [0.3, 0.4) is 0 Å². The highest BCUT2D eigenvalue weighted by molar-refractivity contribution is 8.04. The van der Waals surface area contributed by atoms with Crippen LogP contribution in [0.15, 0.2) is 40.5 Å². The number of rotatable bonds is 8. The molecule has 1 aliphatic rings. The van der Waals surface area contributed by atoms with Crippen LogP contribution in [0.4, 0.5) is 0 Å². The van der Waals surface area contributed by atoms with Crippen molar-refractivity contribution in [1.82, 2.24) is 20.1 Å². The van der Waals surface area contributed by atoms with Crippen molar-refractivity contribution in [2.24, 2.45) is 0 Å². The molecule has 1 saturated heterocycles. The molecule has 1 fully saturated rings. The van der Waals surface area contributed by atoms with Gasteiger partial charge in [0.15, 0.2) is 5.82 Å². The lowest BCUT2D eigenvalue weighted by atomic mass is 10.1. The van der Waals surface area contributed by atoms with Crippen molar-refractivity contribution in [1.29, 1.82) is 0 Å². The first-order valence-corrected chi connectivity index (χ1v) is 11.0. The summed E-state index contributed by atoms with van der Waals surface area (Å²) in [6.07, 6.45) is 2.38. The van der Waals surface area contributed by atoms with Crippen molar-refractivity contribution in [2.45, 2.75) is 25.4 Å². The molecule has 0 atom stereocenters. The normalized spacial score (nSPS) is 15.4. The molecule has 0 spiro atoms. The van der Waals surface area contributed by atoms with Crippen LogP contribution in [0.2, 0.25) is 0 Å². The van der Waals surface area contributed by atoms with Gasteiger partial charge in [0.2, 0.25) is 11.1 Å². The maximum Gasteiger partial charge on any atom is 0.333 e. The van der Waals surface area contributed by atoms with Crippen LogP contribution in [0, 0.1) is 0 Å². The van der Waals surface area contributed by atoms with E-state index in [0.717, 1.165) is 17.8 Å². The maximum atomic E-state index is 12.1. The number of nitrogens with one attached hydrogen (secondary N) is 1. The van der Waals surface area contributed by atoms with E-state index in [4.69, 9.17) is 4.74 Å². The number of carbonyl (C=O) groups excluding carboxylic acids is 2. The second-order valence-corrected chi connectivity index (χ2v) is 7.99. The molecule has 2 heterocycles. The molecule has 1 N–H and O–H groups in total. The van der Waals surface area contributed by atoms with E-state index in [1.807, 2.05) is 12.1 Å². The van der Waals surface area contributed by atoms with Crippen molar-refractivity contribution in [3.05, 3.63) is 40.9 Å². The Kier molecular flexibility index (Phi) is 7.16. The van der Waals surface area contributed by atoms with Gasteiger partial charge in [-0.05, 0) is 18.9 Å². The third-order valence-corrected chi connectivity index (χ3v) is 5.94. The highest BCUT2D eigenvalue weighted by Gasteiger charge is 2.27. The lowest BCUT2D eigenvalue weighted by Gasteiger charge is -2.15. The van der Waals surface area contributed by atoms with Crippen LogP contribution in [0.5, 0.6) is 0 Å². The SMILES string of the molecule is CCOC(=O)/C=C1\SCC(=O)N1CCSc1n[nH]c(-c2ccc(CC)cc2)n1. The zero-order chi connectivity index (χ0) is 19.9. The van der Waals surface area contributed by atoms with E-state index in [9.17, 15) is 9.59 Å². The highest BCUT2D eigenvalue weighted by Crippen LogP contribution is 2.29. The lowest BCUT2D eigenvalue weighted by molar-refractivity contribution is -0.137. The van der Waals surface area contributed by atoms with Gasteiger partial charge in [0.05, 0.1) is 23.5 Å². The Hall–Kier alpha value is -2.26. The Morgan fingerprint density at radius 2 is 2.14 bits per heavy atom. The topological polar surface area (TPSA) is 88.2 Å². The van der Waals surface area contributed by atoms with E-state index < -0.39 is 5.97 Å². The molecule has 1 amide bonds. The quantitative estimate of drug-likeness (QED) is 0.400. The summed E-state index contributed by atoms with van der Waals surface area (Å²) in [6.45, 7) is 4.67. The van der Waals surface area contributed by atoms with Gasteiger partial charge in [0, 0.05) is 17.9 Å². The molecule has 0 unspecified atom stereocenters. The largest absolute Gasteiger partial charge is 0.463 e. The molecule has 1 aliphatic heterocycles. The van der Waals surface area contributed by atoms with Gasteiger partial charge in [-0.3, -0.25) is 9.89 Å². The number of nitrogens with zero attached hydrogens (tertiary/aromatic N) is 3. The summed E-state index contributed by atoms with van der Waals surface area (Å²) in [5.41, 5.74) is 2.26. The zero-order valence-corrected chi connectivity index (χ0v) is 17.4. The number of ether oxygens (including phenoxy) is 1. The van der Waals surface area contributed by atoms with E-state index in [2.05, 4.69) is 34.2 Å². The van der Waals surface area contributed by atoms with E-state index in [-0.39, 0.29) is 5.91 Å². The summed E-state index contributed by atoms with van der Waals surface area (Å²) in [6, 6.07) is 8.22. The van der Waals surface area contributed by atoms with Gasteiger partial charge in [0.1, 0.15) is 0 Å². The summed E-state index contributed by atoms with van der Waals surface area (Å²) in [5, 5.41) is 8.46. The van der Waals surface area contributed by atoms with E-state index >= 15 is 0 Å². The monoisotopic (exact) mass is 418 g/mol. The molecular weight excluding hydrogens is 396 g/mol. The Morgan fingerprint density at radius 1 is 1.36 bits per heavy atom. The molecular formula is C19H22N4O3S2. The summed E-state index contributed by atoms with van der Waals surface area (Å²) >= 11 is 2.82. The zero-order valence-electron chi connectivity index (χ0n) is 15.8. The molecule has 0 bridgehead atoms. The molecule has 1 aromatic heterocycles. The Bertz CT molecular complexity index is 864. The van der Waals surface area contributed by atoms with Gasteiger partial charge in [-0.1, -0.05) is 54.7 Å². The Labute approximate surface area is 172 Å². The number of hydrogen-bond acceptors (Lipinski definition) is 7. The van der Waals surface area contributed by atoms with Crippen LogP contribution < -0.4 is 0 Å². The molecule has 28 heavy (non-hydrogen) atoms. The number of benzene rings is 1. The molecule has 3 rings (SSSR count). The minimum absolute atomic E-state index is 0.00663. The van der Waals surface area contributed by atoms with Crippen molar-refractivity contribution < 1.29 is 14.3 Å².